The molecule has 3 nitrogen and oxygen atoms in total. The Kier molecular flexibility index (Phi) is 4.74. The van der Waals surface area contributed by atoms with Gasteiger partial charge >= 0.3 is 0 Å². The maximum absolute atomic E-state index is 11.7. The van der Waals surface area contributed by atoms with Crippen LogP contribution in [0, 0.1) is 5.41 Å². The van der Waals surface area contributed by atoms with E-state index in [0.29, 0.717) is 10.3 Å². The number of sulfone groups is 1. The Bertz CT molecular complexity index is 528. The van der Waals surface area contributed by atoms with E-state index in [2.05, 4.69) is 12.2 Å². The van der Waals surface area contributed by atoms with Crippen LogP contribution in [0.25, 0.3) is 0 Å². The Morgan fingerprint density at radius 3 is 2.25 bits per heavy atom. The molecule has 0 atom stereocenters. The van der Waals surface area contributed by atoms with E-state index in [4.69, 9.17) is 0 Å². The molecule has 1 aliphatic rings. The Balaban J connectivity index is 1.97. The Morgan fingerprint density at radius 1 is 1.10 bits per heavy atom. The molecule has 0 heterocycles. The third-order valence-corrected chi connectivity index (χ3v) is 6.12. The zero-order valence-corrected chi connectivity index (χ0v) is 13.3. The fourth-order valence-electron chi connectivity index (χ4n) is 2.84. The van der Waals surface area contributed by atoms with Crippen LogP contribution >= 0.6 is 0 Å². The van der Waals surface area contributed by atoms with Crippen molar-refractivity contribution in [1.29, 1.82) is 0 Å². The van der Waals surface area contributed by atoms with Gasteiger partial charge in [0.05, 0.1) is 10.6 Å². The molecular formula is C16H25NO2S. The molecule has 20 heavy (non-hydrogen) atoms. The van der Waals surface area contributed by atoms with Gasteiger partial charge < -0.3 is 5.32 Å². The van der Waals surface area contributed by atoms with Crippen molar-refractivity contribution >= 4 is 15.5 Å². The molecule has 1 saturated carbocycles. The lowest BCUT2D eigenvalue weighted by molar-refractivity contribution is 0.233. The van der Waals surface area contributed by atoms with Gasteiger partial charge in [-0.2, -0.15) is 0 Å². The number of hydrogen-bond acceptors (Lipinski definition) is 3. The van der Waals surface area contributed by atoms with Crippen molar-refractivity contribution in [3.8, 4) is 0 Å². The van der Waals surface area contributed by atoms with E-state index < -0.39 is 9.84 Å². The van der Waals surface area contributed by atoms with Crippen molar-refractivity contribution in [1.82, 2.24) is 0 Å². The normalized spacial score (nSPS) is 18.7. The first kappa shape index (κ1) is 15.4. The summed E-state index contributed by atoms with van der Waals surface area (Å²) in [5, 5.41) is 3.46. The van der Waals surface area contributed by atoms with Crippen LogP contribution in [0.1, 0.15) is 46.0 Å². The van der Waals surface area contributed by atoms with Gasteiger partial charge in [0.2, 0.25) is 0 Å². The minimum Gasteiger partial charge on any atom is -0.384 e. The topological polar surface area (TPSA) is 46.2 Å². The molecule has 0 aliphatic heterocycles. The van der Waals surface area contributed by atoms with E-state index in [9.17, 15) is 8.42 Å². The lowest BCUT2D eigenvalue weighted by Gasteiger charge is -2.34. The van der Waals surface area contributed by atoms with Crippen LogP contribution in [0.15, 0.2) is 29.2 Å². The van der Waals surface area contributed by atoms with Gasteiger partial charge in [-0.05, 0) is 42.5 Å². The quantitative estimate of drug-likeness (QED) is 0.897. The third-order valence-electron chi connectivity index (χ3n) is 4.37. The van der Waals surface area contributed by atoms with Crippen LogP contribution < -0.4 is 5.32 Å². The highest BCUT2D eigenvalue weighted by Gasteiger charge is 2.26. The van der Waals surface area contributed by atoms with Crippen molar-refractivity contribution in [3.05, 3.63) is 24.3 Å². The molecule has 1 aliphatic carbocycles. The van der Waals surface area contributed by atoms with Crippen molar-refractivity contribution in [2.45, 2.75) is 50.8 Å². The van der Waals surface area contributed by atoms with Gasteiger partial charge in [0, 0.05) is 12.2 Å². The second kappa shape index (κ2) is 6.17. The van der Waals surface area contributed by atoms with Crippen LogP contribution in [-0.2, 0) is 9.84 Å². The van der Waals surface area contributed by atoms with E-state index in [1.807, 2.05) is 12.1 Å². The highest BCUT2D eigenvalue weighted by atomic mass is 32.2. The molecule has 1 N–H and O–H groups in total. The summed E-state index contributed by atoms with van der Waals surface area (Å²) in [5.74, 6) is 0.151. The number of hydrogen-bond donors (Lipinski definition) is 1. The van der Waals surface area contributed by atoms with Gasteiger partial charge in [0.25, 0.3) is 0 Å². The maximum Gasteiger partial charge on any atom is 0.178 e. The molecular weight excluding hydrogens is 270 g/mol. The largest absolute Gasteiger partial charge is 0.384 e. The van der Waals surface area contributed by atoms with Crippen molar-refractivity contribution in [3.63, 3.8) is 0 Å². The molecule has 4 heteroatoms. The third kappa shape index (κ3) is 3.75. The van der Waals surface area contributed by atoms with E-state index in [0.717, 1.165) is 12.2 Å². The van der Waals surface area contributed by atoms with Gasteiger partial charge in [-0.25, -0.2) is 8.42 Å². The number of benzene rings is 1. The summed E-state index contributed by atoms with van der Waals surface area (Å²) in [6.07, 6.45) is 6.57. The summed E-state index contributed by atoms with van der Waals surface area (Å²) < 4.78 is 23.5. The predicted octanol–water partition coefficient (Wildman–Crippen LogP) is 3.86. The van der Waals surface area contributed by atoms with Crippen molar-refractivity contribution in [2.75, 3.05) is 17.6 Å². The molecule has 0 unspecified atom stereocenters. The minimum atomic E-state index is -3.09. The van der Waals surface area contributed by atoms with Gasteiger partial charge in [0.1, 0.15) is 0 Å². The number of nitrogens with one attached hydrogen (secondary N) is 1. The zero-order chi connectivity index (χ0) is 14.6. The molecule has 112 valence electrons. The summed E-state index contributed by atoms with van der Waals surface area (Å²) in [4.78, 5) is 0.412. The monoisotopic (exact) mass is 295 g/mol. The van der Waals surface area contributed by atoms with Crippen LogP contribution in [0.2, 0.25) is 0 Å². The molecule has 0 aromatic heterocycles. The summed E-state index contributed by atoms with van der Waals surface area (Å²) >= 11 is 0. The van der Waals surface area contributed by atoms with E-state index >= 15 is 0 Å². The number of rotatable bonds is 5. The first-order chi connectivity index (χ1) is 9.45. The molecule has 2 rings (SSSR count). The molecule has 0 spiro atoms. The summed E-state index contributed by atoms with van der Waals surface area (Å²) in [7, 11) is -3.09. The Labute approximate surface area is 122 Å². The van der Waals surface area contributed by atoms with Crippen LogP contribution in [-0.4, -0.2) is 20.7 Å². The van der Waals surface area contributed by atoms with Gasteiger partial charge in [-0.1, -0.05) is 33.1 Å². The van der Waals surface area contributed by atoms with Crippen LogP contribution in [0.5, 0.6) is 0 Å². The smallest absolute Gasteiger partial charge is 0.178 e. The maximum atomic E-state index is 11.7. The predicted molar refractivity (Wildman–Crippen MR) is 83.9 cm³/mol. The highest BCUT2D eigenvalue weighted by molar-refractivity contribution is 7.91. The highest BCUT2D eigenvalue weighted by Crippen LogP contribution is 2.35. The van der Waals surface area contributed by atoms with Crippen LogP contribution in [0.3, 0.4) is 0 Å². The van der Waals surface area contributed by atoms with Crippen LogP contribution in [0.4, 0.5) is 5.69 Å². The van der Waals surface area contributed by atoms with Crippen molar-refractivity contribution < 1.29 is 8.42 Å². The van der Waals surface area contributed by atoms with Gasteiger partial charge in [-0.15, -0.1) is 0 Å². The second-order valence-electron chi connectivity index (χ2n) is 6.15. The molecule has 0 bridgehead atoms. The van der Waals surface area contributed by atoms with Gasteiger partial charge in [-0.3, -0.25) is 0 Å². The van der Waals surface area contributed by atoms with E-state index in [1.54, 1.807) is 19.1 Å². The average Bonchev–Trinajstić information content (AvgIpc) is 2.46. The summed E-state index contributed by atoms with van der Waals surface area (Å²) in [6, 6.07) is 7.14. The first-order valence-electron chi connectivity index (χ1n) is 7.52. The summed E-state index contributed by atoms with van der Waals surface area (Å²) in [5.41, 5.74) is 1.39. The lowest BCUT2D eigenvalue weighted by atomic mass is 9.76. The molecule has 1 aromatic rings. The molecule has 1 aromatic carbocycles. The lowest BCUT2D eigenvalue weighted by Crippen LogP contribution is -2.28. The fourth-order valence-corrected chi connectivity index (χ4v) is 3.73. The summed E-state index contributed by atoms with van der Waals surface area (Å²) in [6.45, 7) is 4.98. The SMILES string of the molecule is CCS(=O)(=O)c1ccc(NCC2(C)CCCCC2)cc1. The second-order valence-corrected chi connectivity index (χ2v) is 8.43. The van der Waals surface area contributed by atoms with Crippen molar-refractivity contribution in [2.24, 2.45) is 5.41 Å². The number of anilines is 1. The molecule has 0 saturated heterocycles. The molecule has 0 amide bonds. The Hall–Kier alpha value is -1.03. The van der Waals surface area contributed by atoms with E-state index in [-0.39, 0.29) is 5.75 Å². The fraction of sp³-hybridized carbons (Fsp3) is 0.625. The standard InChI is InChI=1S/C16H25NO2S/c1-3-20(18,19)15-9-7-14(8-10-15)17-13-16(2)11-5-4-6-12-16/h7-10,17H,3-6,11-13H2,1-2H3. The Morgan fingerprint density at radius 2 is 1.70 bits per heavy atom. The molecule has 0 radical (unpaired) electrons. The average molecular weight is 295 g/mol. The van der Waals surface area contributed by atoms with E-state index in [1.165, 1.54) is 32.1 Å². The zero-order valence-electron chi connectivity index (χ0n) is 12.5. The molecule has 1 fully saturated rings. The first-order valence-corrected chi connectivity index (χ1v) is 9.17. The minimum absolute atomic E-state index is 0.151. The van der Waals surface area contributed by atoms with Gasteiger partial charge in [0.15, 0.2) is 9.84 Å².